The summed E-state index contributed by atoms with van der Waals surface area (Å²) in [7, 11) is 5.87. The van der Waals surface area contributed by atoms with E-state index in [1.54, 1.807) is 18.2 Å². The number of amides is 1. The molecule has 0 fully saturated rings. The topological polar surface area (TPSA) is 96.0 Å². The highest BCUT2D eigenvalue weighted by Gasteiger charge is 2.16. The highest BCUT2D eigenvalue weighted by Crippen LogP contribution is 2.23. The molecule has 0 spiro atoms. The zero-order valence-electron chi connectivity index (χ0n) is 13.6. The fourth-order valence-electron chi connectivity index (χ4n) is 1.10. The van der Waals surface area contributed by atoms with Crippen LogP contribution in [0.2, 0.25) is 0 Å². The van der Waals surface area contributed by atoms with E-state index < -0.39 is 16.5 Å². The van der Waals surface area contributed by atoms with Gasteiger partial charge in [-0.1, -0.05) is 6.07 Å². The number of hydrogen-bond donors (Lipinski definition) is 0. The molecule has 1 rings (SSSR count). The quantitative estimate of drug-likeness (QED) is 0.722. The second-order valence-electron chi connectivity index (χ2n) is 5.33. The Bertz CT molecular complexity index is 593. The third-order valence-electron chi connectivity index (χ3n) is 2.36. The molecule has 0 heterocycles. The maximum absolute atomic E-state index is 11.1. The molecule has 126 valence electrons. The van der Waals surface area contributed by atoms with Gasteiger partial charge in [-0.15, -0.1) is 0 Å². The molecule has 22 heavy (non-hydrogen) atoms. The van der Waals surface area contributed by atoms with Gasteiger partial charge >= 0.3 is 10.4 Å². The summed E-state index contributed by atoms with van der Waals surface area (Å²) in [4.78, 5) is 10.5. The number of carboxylic acid groups (broad SMARTS) is 1. The van der Waals surface area contributed by atoms with E-state index in [-0.39, 0.29) is 5.75 Å². The number of rotatable bonds is 4. The lowest BCUT2D eigenvalue weighted by Crippen LogP contribution is -2.35. The molecule has 9 heteroatoms. The second-order valence-corrected chi connectivity index (χ2v) is 6.64. The molecule has 1 aromatic rings. The number of carbonyl (C=O) groups is 1. The molecule has 1 amide bonds. The Morgan fingerprint density at radius 2 is 1.73 bits per heavy atom. The first-order chi connectivity index (χ1) is 9.89. The van der Waals surface area contributed by atoms with Gasteiger partial charge in [0, 0.05) is 20.2 Å². The minimum atomic E-state index is -3.94. The Morgan fingerprint density at radius 1 is 1.23 bits per heavy atom. The van der Waals surface area contributed by atoms with Crippen LogP contribution >= 0.6 is 0 Å². The molecular weight excluding hydrogens is 312 g/mol. The van der Waals surface area contributed by atoms with Gasteiger partial charge in [-0.05, 0) is 12.1 Å². The third kappa shape index (κ3) is 7.81. The van der Waals surface area contributed by atoms with E-state index in [0.717, 1.165) is 17.7 Å². The highest BCUT2D eigenvalue weighted by molar-refractivity contribution is 7.82. The summed E-state index contributed by atoms with van der Waals surface area (Å²) >= 11 is 0. The van der Waals surface area contributed by atoms with Crippen molar-refractivity contribution >= 4 is 22.2 Å². The fraction of sp³-hybridized carbons (Fsp3) is 0.462. The average Bonchev–Trinajstić information content (AvgIpc) is 2.38. The van der Waals surface area contributed by atoms with Gasteiger partial charge in [0.1, 0.15) is 11.8 Å². The van der Waals surface area contributed by atoms with Crippen molar-refractivity contribution in [3.63, 3.8) is 0 Å². The van der Waals surface area contributed by atoms with Gasteiger partial charge < -0.3 is 19.0 Å². The van der Waals surface area contributed by atoms with Gasteiger partial charge in [-0.25, -0.2) is 4.18 Å². The fourth-order valence-corrected chi connectivity index (χ4v) is 1.51. The highest BCUT2D eigenvalue weighted by atomic mass is 32.3. The summed E-state index contributed by atoms with van der Waals surface area (Å²) < 4.78 is 31.7. The van der Waals surface area contributed by atoms with Crippen LogP contribution in [0.3, 0.4) is 0 Å². The molecule has 1 aromatic carbocycles. The zero-order valence-corrected chi connectivity index (χ0v) is 14.4. The van der Waals surface area contributed by atoms with E-state index in [2.05, 4.69) is 4.18 Å². The van der Waals surface area contributed by atoms with E-state index in [1.165, 1.54) is 14.1 Å². The first-order valence-corrected chi connectivity index (χ1v) is 7.53. The van der Waals surface area contributed by atoms with Crippen LogP contribution in [0.1, 0.15) is 0 Å². The maximum Gasteiger partial charge on any atom is 0.448 e. The number of carbonyl (C=O) groups excluding carboxylic acids is 1. The van der Waals surface area contributed by atoms with Crippen molar-refractivity contribution in [1.82, 2.24) is 9.38 Å². The monoisotopic (exact) mass is 334 g/mol. The molecule has 0 bridgehead atoms. The van der Waals surface area contributed by atoms with Gasteiger partial charge in [0.05, 0.1) is 28.3 Å². The summed E-state index contributed by atoms with van der Waals surface area (Å²) in [6.45, 7) is 0. The Balaban J connectivity index is 0.000000626. The van der Waals surface area contributed by atoms with Crippen LogP contribution in [0.5, 0.6) is 5.75 Å². The lowest BCUT2D eigenvalue weighted by Gasteiger charge is -2.23. The van der Waals surface area contributed by atoms with Crippen molar-refractivity contribution in [2.24, 2.45) is 0 Å². The first-order valence-electron chi connectivity index (χ1n) is 6.19. The molecule has 0 saturated carbocycles. The average molecular weight is 334 g/mol. The standard InChI is InChI=1S/C10H16NO4S.C3H7NO2/c1-11(2,3)9-6-5-7-10(8-9)15-16(12,13)14-4;1-4(2)3(5)6/h5-8H,1-4H3;1-2H3,(H,5,6)/q+1;/p-1. The van der Waals surface area contributed by atoms with E-state index in [1.807, 2.05) is 27.2 Å². The zero-order chi connectivity index (χ0) is 17.6. The normalized spacial score (nSPS) is 11.2. The van der Waals surface area contributed by atoms with Crippen LogP contribution in [-0.2, 0) is 14.6 Å². The molecule has 0 saturated heterocycles. The molecule has 0 aliphatic rings. The minimum Gasteiger partial charge on any atom is -0.530 e. The number of quaternary nitrogens is 1. The number of nitrogens with zero attached hydrogens (tertiary/aromatic N) is 2. The molecule has 0 radical (unpaired) electrons. The van der Waals surface area contributed by atoms with E-state index >= 15 is 0 Å². The van der Waals surface area contributed by atoms with Crippen LogP contribution in [-0.4, -0.2) is 61.8 Å². The first kappa shape index (κ1) is 20.2. The number of hydrogen-bond acceptors (Lipinski definition) is 6. The van der Waals surface area contributed by atoms with Gasteiger partial charge in [-0.2, -0.15) is 8.42 Å². The Morgan fingerprint density at radius 3 is 2.09 bits per heavy atom. The molecular formula is C13H22N2O6S. The van der Waals surface area contributed by atoms with Crippen molar-refractivity contribution in [3.8, 4) is 5.75 Å². The smallest absolute Gasteiger partial charge is 0.448 e. The minimum absolute atomic E-state index is 0.243. The molecule has 0 aliphatic carbocycles. The summed E-state index contributed by atoms with van der Waals surface area (Å²) in [5.41, 5.74) is 0.934. The SMILES string of the molecule is CN(C)C(=O)[O-].COS(=O)(=O)Oc1cccc([N+](C)(C)C)c1. The molecule has 0 unspecified atom stereocenters. The predicted molar refractivity (Wildman–Crippen MR) is 81.6 cm³/mol. The van der Waals surface area contributed by atoms with Crippen molar-refractivity contribution < 1.29 is 26.7 Å². The van der Waals surface area contributed by atoms with E-state index in [0.29, 0.717) is 4.48 Å². The van der Waals surface area contributed by atoms with Gasteiger partial charge in [0.15, 0.2) is 5.75 Å². The number of benzene rings is 1. The summed E-state index contributed by atoms with van der Waals surface area (Å²) in [6.07, 6.45) is -1.16. The van der Waals surface area contributed by atoms with Crippen molar-refractivity contribution in [2.45, 2.75) is 0 Å². The Hall–Kier alpha value is -1.84. The Labute approximate surface area is 131 Å². The molecule has 8 nitrogen and oxygen atoms in total. The van der Waals surface area contributed by atoms with E-state index in [4.69, 9.17) is 4.18 Å². The maximum atomic E-state index is 11.1. The van der Waals surface area contributed by atoms with Crippen LogP contribution < -0.4 is 13.8 Å². The van der Waals surface area contributed by atoms with Crippen molar-refractivity contribution in [3.05, 3.63) is 24.3 Å². The van der Waals surface area contributed by atoms with Crippen LogP contribution in [0, 0.1) is 0 Å². The van der Waals surface area contributed by atoms with E-state index in [9.17, 15) is 18.3 Å². The van der Waals surface area contributed by atoms with Gasteiger partial charge in [0.25, 0.3) is 0 Å². The Kier molecular flexibility index (Phi) is 7.30. The largest absolute Gasteiger partial charge is 0.530 e. The summed E-state index contributed by atoms with van der Waals surface area (Å²) in [6, 6.07) is 6.86. The third-order valence-corrected chi connectivity index (χ3v) is 3.16. The molecule has 0 atom stereocenters. The van der Waals surface area contributed by atoms with Crippen molar-refractivity contribution in [2.75, 3.05) is 42.3 Å². The lowest BCUT2D eigenvalue weighted by atomic mass is 10.2. The van der Waals surface area contributed by atoms with Gasteiger partial charge in [-0.3, -0.25) is 4.48 Å². The molecule has 0 N–H and O–H groups in total. The molecule has 0 aliphatic heterocycles. The van der Waals surface area contributed by atoms with Crippen LogP contribution in [0.15, 0.2) is 24.3 Å². The van der Waals surface area contributed by atoms with Gasteiger partial charge in [0.2, 0.25) is 0 Å². The van der Waals surface area contributed by atoms with Crippen LogP contribution in [0.25, 0.3) is 0 Å². The summed E-state index contributed by atoms with van der Waals surface area (Å²) in [5, 5.41) is 9.51. The lowest BCUT2D eigenvalue weighted by molar-refractivity contribution is -0.262. The van der Waals surface area contributed by atoms with Crippen molar-refractivity contribution in [1.29, 1.82) is 0 Å². The second kappa shape index (κ2) is 7.97. The predicted octanol–water partition coefficient (Wildman–Crippen LogP) is 0.0446. The summed E-state index contributed by atoms with van der Waals surface area (Å²) in [5.74, 6) is 0.243. The molecule has 0 aromatic heterocycles. The van der Waals surface area contributed by atoms with Crippen LogP contribution in [0.4, 0.5) is 10.5 Å².